The van der Waals surface area contributed by atoms with E-state index in [4.69, 9.17) is 11.6 Å². The highest BCUT2D eigenvalue weighted by Crippen LogP contribution is 2.48. The molecule has 0 spiro atoms. The number of hydrogen-bond acceptors (Lipinski definition) is 2. The van der Waals surface area contributed by atoms with Crippen molar-refractivity contribution in [2.24, 2.45) is 4.99 Å². The van der Waals surface area contributed by atoms with Crippen LogP contribution in [-0.2, 0) is 12.0 Å². The predicted octanol–water partition coefficient (Wildman–Crippen LogP) is 4.10. The Kier molecular flexibility index (Phi) is 8.77. The lowest BCUT2D eigenvalue weighted by Gasteiger charge is -2.19. The van der Waals surface area contributed by atoms with Crippen LogP contribution in [0, 0.1) is 0 Å². The van der Waals surface area contributed by atoms with Gasteiger partial charge in [0.25, 0.3) is 5.91 Å². The van der Waals surface area contributed by atoms with Crippen molar-refractivity contribution in [3.63, 3.8) is 0 Å². The van der Waals surface area contributed by atoms with E-state index in [-0.39, 0.29) is 35.3 Å². The highest BCUT2D eigenvalue weighted by molar-refractivity contribution is 14.0. The zero-order valence-electron chi connectivity index (χ0n) is 16.8. The van der Waals surface area contributed by atoms with Gasteiger partial charge in [-0.3, -0.25) is 9.79 Å². The smallest absolute Gasteiger partial charge is 0.251 e. The van der Waals surface area contributed by atoms with Crippen molar-refractivity contribution >= 4 is 47.4 Å². The van der Waals surface area contributed by atoms with Gasteiger partial charge in [-0.2, -0.15) is 0 Å². The summed E-state index contributed by atoms with van der Waals surface area (Å²) in [6.45, 7) is 4.00. The van der Waals surface area contributed by atoms with Crippen molar-refractivity contribution in [2.45, 2.75) is 31.7 Å². The SMILES string of the molecule is CCNC(=O)c1ccc(CNC(=NC)NCC2(c3cccc(Cl)c3)CC2)cc1.I. The second-order valence-corrected chi connectivity index (χ2v) is 7.56. The maximum absolute atomic E-state index is 11.8. The molecule has 0 aromatic heterocycles. The van der Waals surface area contributed by atoms with Gasteiger partial charge in [0.05, 0.1) is 0 Å². The monoisotopic (exact) mass is 526 g/mol. The first-order valence-corrected chi connectivity index (χ1v) is 10.0. The Morgan fingerprint density at radius 2 is 1.83 bits per heavy atom. The lowest BCUT2D eigenvalue weighted by atomic mass is 9.96. The van der Waals surface area contributed by atoms with E-state index in [1.54, 1.807) is 7.05 Å². The van der Waals surface area contributed by atoms with E-state index < -0.39 is 0 Å². The van der Waals surface area contributed by atoms with Crippen molar-refractivity contribution < 1.29 is 4.79 Å². The van der Waals surface area contributed by atoms with E-state index in [2.05, 4.69) is 33.1 Å². The molecule has 3 rings (SSSR count). The lowest BCUT2D eigenvalue weighted by molar-refractivity contribution is 0.0956. The molecule has 0 heterocycles. The van der Waals surface area contributed by atoms with Crippen LogP contribution in [0.4, 0.5) is 0 Å². The molecule has 29 heavy (non-hydrogen) atoms. The fourth-order valence-corrected chi connectivity index (χ4v) is 3.42. The van der Waals surface area contributed by atoms with Crippen LogP contribution in [-0.4, -0.2) is 32.0 Å². The Morgan fingerprint density at radius 1 is 1.10 bits per heavy atom. The summed E-state index contributed by atoms with van der Waals surface area (Å²) in [4.78, 5) is 16.1. The molecule has 1 fully saturated rings. The van der Waals surface area contributed by atoms with Gasteiger partial charge in [0, 0.05) is 42.7 Å². The van der Waals surface area contributed by atoms with Crippen molar-refractivity contribution in [3.8, 4) is 0 Å². The molecule has 156 valence electrons. The Balaban J connectivity index is 0.00000300. The Bertz CT molecular complexity index is 850. The summed E-state index contributed by atoms with van der Waals surface area (Å²) in [7, 11) is 1.77. The number of guanidine groups is 1. The van der Waals surface area contributed by atoms with Crippen molar-refractivity contribution in [1.82, 2.24) is 16.0 Å². The number of nitrogens with zero attached hydrogens (tertiary/aromatic N) is 1. The van der Waals surface area contributed by atoms with Crippen LogP contribution in [0.15, 0.2) is 53.5 Å². The van der Waals surface area contributed by atoms with Crippen LogP contribution in [0.25, 0.3) is 0 Å². The van der Waals surface area contributed by atoms with E-state index >= 15 is 0 Å². The van der Waals surface area contributed by atoms with Crippen molar-refractivity contribution in [1.29, 1.82) is 0 Å². The van der Waals surface area contributed by atoms with Crippen LogP contribution in [0.1, 0.15) is 41.3 Å². The fraction of sp³-hybridized carbons (Fsp3) is 0.364. The fourth-order valence-electron chi connectivity index (χ4n) is 3.23. The number of amides is 1. The minimum atomic E-state index is -0.0461. The first-order chi connectivity index (χ1) is 13.6. The molecular formula is C22H28ClIN4O. The third-order valence-electron chi connectivity index (χ3n) is 5.12. The van der Waals surface area contributed by atoms with E-state index in [1.165, 1.54) is 5.56 Å². The van der Waals surface area contributed by atoms with Crippen LogP contribution in [0.3, 0.4) is 0 Å². The van der Waals surface area contributed by atoms with E-state index in [0.29, 0.717) is 18.7 Å². The number of hydrogen-bond donors (Lipinski definition) is 3. The second-order valence-electron chi connectivity index (χ2n) is 7.13. The highest BCUT2D eigenvalue weighted by Gasteiger charge is 2.44. The molecule has 1 aliphatic carbocycles. The number of nitrogens with one attached hydrogen (secondary N) is 3. The van der Waals surface area contributed by atoms with Gasteiger partial charge in [-0.25, -0.2) is 0 Å². The minimum Gasteiger partial charge on any atom is -0.356 e. The van der Waals surface area contributed by atoms with Crippen LogP contribution >= 0.6 is 35.6 Å². The van der Waals surface area contributed by atoms with Gasteiger partial charge in [-0.1, -0.05) is 35.9 Å². The third kappa shape index (κ3) is 6.34. The first kappa shape index (κ1) is 23.5. The summed E-state index contributed by atoms with van der Waals surface area (Å²) in [6, 6.07) is 15.7. The number of halogens is 2. The first-order valence-electron chi connectivity index (χ1n) is 9.64. The molecule has 1 aliphatic rings. The van der Waals surface area contributed by atoms with E-state index in [1.807, 2.05) is 43.3 Å². The molecule has 1 saturated carbocycles. The number of aliphatic imine (C=N–C) groups is 1. The summed E-state index contributed by atoms with van der Waals surface area (Å²) >= 11 is 6.15. The van der Waals surface area contributed by atoms with Crippen molar-refractivity contribution in [3.05, 3.63) is 70.2 Å². The molecule has 0 saturated heterocycles. The molecular weight excluding hydrogens is 499 g/mol. The molecule has 7 heteroatoms. The van der Waals surface area contributed by atoms with E-state index in [0.717, 1.165) is 35.9 Å². The number of carbonyl (C=O) groups excluding carboxylic acids is 1. The zero-order chi connectivity index (χ0) is 20.0. The van der Waals surface area contributed by atoms with Gasteiger partial charge < -0.3 is 16.0 Å². The molecule has 0 atom stereocenters. The molecule has 5 nitrogen and oxygen atoms in total. The third-order valence-corrected chi connectivity index (χ3v) is 5.36. The number of benzene rings is 2. The molecule has 3 N–H and O–H groups in total. The van der Waals surface area contributed by atoms with Gasteiger partial charge in [-0.15, -0.1) is 24.0 Å². The molecule has 1 amide bonds. The lowest BCUT2D eigenvalue weighted by Crippen LogP contribution is -2.40. The standard InChI is InChI=1S/C22H27ClN4O.HI/c1-3-25-20(28)17-9-7-16(8-10-17)14-26-21(24-2)27-15-22(11-12-22)18-5-4-6-19(23)13-18;/h4-10,13H,3,11-12,14-15H2,1-2H3,(H,25,28)(H2,24,26,27);1H. The average molecular weight is 527 g/mol. The predicted molar refractivity (Wildman–Crippen MR) is 130 cm³/mol. The van der Waals surface area contributed by atoms with E-state index in [9.17, 15) is 4.79 Å². The van der Waals surface area contributed by atoms with Gasteiger partial charge in [-0.05, 0) is 55.2 Å². The highest BCUT2D eigenvalue weighted by atomic mass is 127. The summed E-state index contributed by atoms with van der Waals surface area (Å²) in [5.41, 5.74) is 3.19. The second kappa shape index (κ2) is 10.8. The molecule has 0 aliphatic heterocycles. The van der Waals surface area contributed by atoms with Crippen LogP contribution in [0.5, 0.6) is 0 Å². The van der Waals surface area contributed by atoms with Crippen LogP contribution in [0.2, 0.25) is 5.02 Å². The molecule has 0 unspecified atom stereocenters. The maximum atomic E-state index is 11.8. The minimum absolute atomic E-state index is 0. The topological polar surface area (TPSA) is 65.5 Å². The zero-order valence-corrected chi connectivity index (χ0v) is 19.9. The largest absolute Gasteiger partial charge is 0.356 e. The average Bonchev–Trinajstić information content (AvgIpc) is 3.50. The Hall–Kier alpha value is -1.80. The molecule has 0 bridgehead atoms. The Morgan fingerprint density at radius 3 is 2.41 bits per heavy atom. The number of rotatable bonds is 7. The van der Waals surface area contributed by atoms with Gasteiger partial charge in [0.1, 0.15) is 0 Å². The summed E-state index contributed by atoms with van der Waals surface area (Å²) in [6.07, 6.45) is 2.30. The Labute approximate surface area is 194 Å². The summed E-state index contributed by atoms with van der Waals surface area (Å²) < 4.78 is 0. The van der Waals surface area contributed by atoms with Crippen LogP contribution < -0.4 is 16.0 Å². The quantitative estimate of drug-likeness (QED) is 0.289. The molecule has 0 radical (unpaired) electrons. The normalized spacial score (nSPS) is 14.5. The van der Waals surface area contributed by atoms with Gasteiger partial charge >= 0.3 is 0 Å². The molecule has 2 aromatic carbocycles. The summed E-state index contributed by atoms with van der Waals surface area (Å²) in [5.74, 6) is 0.719. The van der Waals surface area contributed by atoms with Gasteiger partial charge in [0.15, 0.2) is 5.96 Å². The van der Waals surface area contributed by atoms with Gasteiger partial charge in [0.2, 0.25) is 0 Å². The number of carbonyl (C=O) groups is 1. The maximum Gasteiger partial charge on any atom is 0.251 e. The van der Waals surface area contributed by atoms with Crippen molar-refractivity contribution in [2.75, 3.05) is 20.1 Å². The summed E-state index contributed by atoms with van der Waals surface area (Å²) in [5, 5.41) is 10.4. The molecule has 2 aromatic rings.